The van der Waals surface area contributed by atoms with E-state index in [4.69, 9.17) is 0 Å². The molecule has 2 aromatic carbocycles. The molecule has 1 atom stereocenters. The molecule has 1 saturated heterocycles. The summed E-state index contributed by atoms with van der Waals surface area (Å²) in [5.41, 5.74) is 2.73. The van der Waals surface area contributed by atoms with Crippen LogP contribution in [0.4, 0.5) is 0 Å². The van der Waals surface area contributed by atoms with Crippen molar-refractivity contribution < 1.29 is 13.2 Å². The maximum atomic E-state index is 12.5. The largest absolute Gasteiger partial charge is 0.338 e. The number of nitrogens with zero attached hydrogens (tertiary/aromatic N) is 1. The highest BCUT2D eigenvalue weighted by atomic mass is 32.2. The molecule has 1 heterocycles. The fraction of sp³-hybridized carbons (Fsp3) is 0.278. The third kappa shape index (κ3) is 3.45. The van der Waals surface area contributed by atoms with Gasteiger partial charge in [-0.2, -0.15) is 0 Å². The molecule has 1 aliphatic heterocycles. The Morgan fingerprint density at radius 2 is 1.61 bits per heavy atom. The van der Waals surface area contributed by atoms with Crippen LogP contribution in [0.5, 0.6) is 0 Å². The molecule has 0 radical (unpaired) electrons. The highest BCUT2D eigenvalue weighted by Crippen LogP contribution is 2.22. The monoisotopic (exact) mass is 329 g/mol. The van der Waals surface area contributed by atoms with Gasteiger partial charge in [0.25, 0.3) is 5.91 Å². The second-order valence-electron chi connectivity index (χ2n) is 5.92. The normalized spacial score (nSPS) is 19.4. The Morgan fingerprint density at radius 1 is 1.00 bits per heavy atom. The number of rotatable bonds is 3. The lowest BCUT2D eigenvalue weighted by atomic mass is 10.0. The van der Waals surface area contributed by atoms with Gasteiger partial charge in [-0.1, -0.05) is 42.5 Å². The number of benzene rings is 2. The quantitative estimate of drug-likeness (QED) is 0.870. The first kappa shape index (κ1) is 15.7. The van der Waals surface area contributed by atoms with Gasteiger partial charge >= 0.3 is 0 Å². The summed E-state index contributed by atoms with van der Waals surface area (Å²) in [4.78, 5) is 14.1. The third-order valence-corrected chi connectivity index (χ3v) is 6.07. The molecule has 0 N–H and O–H groups in total. The van der Waals surface area contributed by atoms with E-state index in [9.17, 15) is 13.2 Å². The van der Waals surface area contributed by atoms with Crippen molar-refractivity contribution in [1.82, 2.24) is 4.90 Å². The van der Waals surface area contributed by atoms with Crippen molar-refractivity contribution in [3.63, 3.8) is 0 Å². The van der Waals surface area contributed by atoms with E-state index >= 15 is 0 Å². The van der Waals surface area contributed by atoms with E-state index in [0.717, 1.165) is 11.1 Å². The molecule has 1 amide bonds. The summed E-state index contributed by atoms with van der Waals surface area (Å²) in [5, 5.41) is 0. The van der Waals surface area contributed by atoms with Gasteiger partial charge in [-0.25, -0.2) is 8.42 Å². The van der Waals surface area contributed by atoms with Crippen LogP contribution < -0.4 is 0 Å². The number of hydrogen-bond acceptors (Lipinski definition) is 3. The number of sulfone groups is 1. The van der Waals surface area contributed by atoms with Gasteiger partial charge in [-0.05, 0) is 29.7 Å². The third-order valence-electron chi connectivity index (χ3n) is 4.32. The lowest BCUT2D eigenvalue weighted by Gasteiger charge is -2.23. The maximum absolute atomic E-state index is 12.5. The Hall–Kier alpha value is -2.14. The lowest BCUT2D eigenvalue weighted by molar-refractivity contribution is 0.0747. The van der Waals surface area contributed by atoms with Crippen molar-refractivity contribution in [2.24, 2.45) is 0 Å². The van der Waals surface area contributed by atoms with Gasteiger partial charge in [-0.3, -0.25) is 4.79 Å². The van der Waals surface area contributed by atoms with Gasteiger partial charge in [0.15, 0.2) is 9.84 Å². The summed E-state index contributed by atoms with van der Waals surface area (Å²) in [7, 11) is -1.31. The van der Waals surface area contributed by atoms with Gasteiger partial charge in [0.2, 0.25) is 0 Å². The van der Waals surface area contributed by atoms with Crippen LogP contribution in [0.2, 0.25) is 0 Å². The Morgan fingerprint density at radius 3 is 2.17 bits per heavy atom. The molecule has 0 aliphatic carbocycles. The maximum Gasteiger partial charge on any atom is 0.253 e. The molecule has 23 heavy (non-hydrogen) atoms. The van der Waals surface area contributed by atoms with Crippen LogP contribution in [0, 0.1) is 0 Å². The van der Waals surface area contributed by atoms with Crippen LogP contribution in [0.25, 0.3) is 11.1 Å². The first-order valence-corrected chi connectivity index (χ1v) is 9.41. The standard InChI is InChI=1S/C18H19NO3S/c1-19(17-11-12-23(21,22)13-17)18(20)16-9-7-15(8-10-16)14-5-3-2-4-6-14/h2-10,17H,11-13H2,1H3. The Balaban J connectivity index is 1.75. The van der Waals surface area contributed by atoms with Gasteiger partial charge in [0.05, 0.1) is 11.5 Å². The molecule has 1 unspecified atom stereocenters. The SMILES string of the molecule is CN(C(=O)c1ccc(-c2ccccc2)cc1)C1CCS(=O)(=O)C1. The Bertz CT molecular complexity index is 798. The van der Waals surface area contributed by atoms with Crippen molar-refractivity contribution >= 4 is 15.7 Å². The highest BCUT2D eigenvalue weighted by Gasteiger charge is 2.32. The highest BCUT2D eigenvalue weighted by molar-refractivity contribution is 7.91. The average Bonchev–Trinajstić information content (AvgIpc) is 2.94. The molecule has 1 fully saturated rings. The van der Waals surface area contributed by atoms with Crippen molar-refractivity contribution in [3.8, 4) is 11.1 Å². The van der Waals surface area contributed by atoms with Gasteiger partial charge in [0, 0.05) is 18.7 Å². The van der Waals surface area contributed by atoms with Crippen molar-refractivity contribution in [2.45, 2.75) is 12.5 Å². The first-order valence-electron chi connectivity index (χ1n) is 7.59. The predicted molar refractivity (Wildman–Crippen MR) is 91.0 cm³/mol. The van der Waals surface area contributed by atoms with Crippen molar-refractivity contribution in [1.29, 1.82) is 0 Å². The lowest BCUT2D eigenvalue weighted by Crippen LogP contribution is -2.37. The predicted octanol–water partition coefficient (Wildman–Crippen LogP) is 2.61. The summed E-state index contributed by atoms with van der Waals surface area (Å²) in [6.45, 7) is 0. The zero-order valence-corrected chi connectivity index (χ0v) is 13.8. The smallest absolute Gasteiger partial charge is 0.253 e. The molecule has 3 rings (SSSR count). The molecule has 0 bridgehead atoms. The molecule has 2 aromatic rings. The molecule has 4 nitrogen and oxygen atoms in total. The van der Waals surface area contributed by atoms with Crippen LogP contribution in [-0.2, 0) is 9.84 Å². The van der Waals surface area contributed by atoms with Crippen molar-refractivity contribution in [2.75, 3.05) is 18.6 Å². The summed E-state index contributed by atoms with van der Waals surface area (Å²) >= 11 is 0. The van der Waals surface area contributed by atoms with Crippen LogP contribution in [0.1, 0.15) is 16.8 Å². The van der Waals surface area contributed by atoms with E-state index in [0.29, 0.717) is 12.0 Å². The second kappa shape index (κ2) is 6.16. The minimum atomic E-state index is -2.99. The molecular formula is C18H19NO3S. The minimum Gasteiger partial charge on any atom is -0.338 e. The van der Waals surface area contributed by atoms with Gasteiger partial charge < -0.3 is 4.90 Å². The van der Waals surface area contributed by atoms with Crippen LogP contribution in [0.15, 0.2) is 54.6 Å². The average molecular weight is 329 g/mol. The van der Waals surface area contributed by atoms with Crippen LogP contribution >= 0.6 is 0 Å². The number of carbonyl (C=O) groups excluding carboxylic acids is 1. The van der Waals surface area contributed by atoms with Gasteiger partial charge in [-0.15, -0.1) is 0 Å². The van der Waals surface area contributed by atoms with Crippen molar-refractivity contribution in [3.05, 3.63) is 60.2 Å². The number of amides is 1. The molecule has 0 aromatic heterocycles. The Kier molecular flexibility index (Phi) is 4.22. The fourth-order valence-corrected chi connectivity index (χ4v) is 4.66. The number of hydrogen-bond donors (Lipinski definition) is 0. The van der Waals surface area contributed by atoms with Crippen LogP contribution in [0.3, 0.4) is 0 Å². The Labute approximate surface area is 136 Å². The summed E-state index contributed by atoms with van der Waals surface area (Å²) < 4.78 is 23.1. The zero-order valence-electron chi connectivity index (χ0n) is 13.0. The summed E-state index contributed by atoms with van der Waals surface area (Å²) in [6, 6.07) is 17.2. The zero-order chi connectivity index (χ0) is 16.4. The van der Waals surface area contributed by atoms with Gasteiger partial charge in [0.1, 0.15) is 0 Å². The summed E-state index contributed by atoms with van der Waals surface area (Å²) in [6.07, 6.45) is 0.521. The summed E-state index contributed by atoms with van der Waals surface area (Å²) in [5.74, 6) is 0.103. The molecule has 5 heteroatoms. The first-order chi connectivity index (χ1) is 11.0. The van der Waals surface area contributed by atoms with E-state index < -0.39 is 9.84 Å². The topological polar surface area (TPSA) is 54.5 Å². The van der Waals surface area contributed by atoms with Crippen LogP contribution in [-0.4, -0.2) is 43.8 Å². The van der Waals surface area contributed by atoms with E-state index in [1.807, 2.05) is 42.5 Å². The fourth-order valence-electron chi connectivity index (χ4n) is 2.89. The molecule has 0 spiro atoms. The van der Waals surface area contributed by atoms with E-state index in [1.165, 1.54) is 0 Å². The molecule has 0 saturated carbocycles. The molecule has 1 aliphatic rings. The number of carbonyl (C=O) groups is 1. The molecular weight excluding hydrogens is 310 g/mol. The van der Waals surface area contributed by atoms with E-state index in [2.05, 4.69) is 0 Å². The van der Waals surface area contributed by atoms with E-state index in [1.54, 1.807) is 24.1 Å². The molecule has 120 valence electrons. The minimum absolute atomic E-state index is 0.0668. The van der Waals surface area contributed by atoms with E-state index in [-0.39, 0.29) is 23.5 Å². The second-order valence-corrected chi connectivity index (χ2v) is 8.15.